The third-order valence-corrected chi connectivity index (χ3v) is 2.61. The van der Waals surface area contributed by atoms with Gasteiger partial charge in [0.25, 0.3) is 0 Å². The molecule has 0 heterocycles. The van der Waals surface area contributed by atoms with Crippen molar-refractivity contribution in [2.24, 2.45) is 0 Å². The highest BCUT2D eigenvalue weighted by Crippen LogP contribution is 2.37. The lowest BCUT2D eigenvalue weighted by Gasteiger charge is -2.17. The van der Waals surface area contributed by atoms with E-state index in [1.165, 1.54) is 6.07 Å². The number of aromatic hydroxyl groups is 2. The number of ketones is 2. The molecule has 0 spiro atoms. The van der Waals surface area contributed by atoms with E-state index in [-0.39, 0.29) is 47.0 Å². The Morgan fingerprint density at radius 2 is 1.60 bits per heavy atom. The first-order chi connectivity index (χ1) is 7.02. The van der Waals surface area contributed by atoms with Crippen molar-refractivity contribution in [3.63, 3.8) is 0 Å². The molecule has 1 aliphatic rings. The minimum atomic E-state index is -0.294. The van der Waals surface area contributed by atoms with Crippen LogP contribution in [0.3, 0.4) is 0 Å². The maximum Gasteiger partial charge on any atom is 0.167 e. The number of benzene rings is 1. The van der Waals surface area contributed by atoms with Gasteiger partial charge in [0.2, 0.25) is 0 Å². The van der Waals surface area contributed by atoms with Crippen LogP contribution in [-0.4, -0.2) is 21.8 Å². The molecule has 1 aliphatic carbocycles. The predicted molar refractivity (Wildman–Crippen MR) is 52.4 cm³/mol. The molecule has 78 valence electrons. The Morgan fingerprint density at radius 1 is 1.07 bits per heavy atom. The third kappa shape index (κ3) is 1.29. The molecule has 0 aromatic heterocycles. The van der Waals surface area contributed by atoms with E-state index in [1.807, 2.05) is 0 Å². The van der Waals surface area contributed by atoms with E-state index in [0.717, 1.165) is 0 Å². The standard InChI is InChI=1S/C11H10O4/c1-5-4-8(14)9-6(12)2-3-7(13)10(9)11(5)15/h4,14-15H,2-3H2,1H3. The third-order valence-electron chi connectivity index (χ3n) is 2.61. The average molecular weight is 206 g/mol. The van der Waals surface area contributed by atoms with Gasteiger partial charge in [-0.05, 0) is 18.6 Å². The fourth-order valence-electron chi connectivity index (χ4n) is 1.82. The van der Waals surface area contributed by atoms with Crippen molar-refractivity contribution in [3.8, 4) is 11.5 Å². The fraction of sp³-hybridized carbons (Fsp3) is 0.273. The number of fused-ring (bicyclic) bond motifs is 1. The van der Waals surface area contributed by atoms with Crippen LogP contribution in [0.1, 0.15) is 39.1 Å². The molecule has 1 aromatic rings. The smallest absolute Gasteiger partial charge is 0.167 e. The Hall–Kier alpha value is -1.84. The normalized spacial score (nSPS) is 15.3. The van der Waals surface area contributed by atoms with Crippen LogP contribution in [0, 0.1) is 6.92 Å². The van der Waals surface area contributed by atoms with Gasteiger partial charge in [0.15, 0.2) is 11.6 Å². The lowest BCUT2D eigenvalue weighted by atomic mass is 9.87. The maximum atomic E-state index is 11.5. The second-order valence-electron chi connectivity index (χ2n) is 3.66. The largest absolute Gasteiger partial charge is 0.507 e. The Balaban J connectivity index is 2.82. The molecular weight excluding hydrogens is 196 g/mol. The molecule has 0 bridgehead atoms. The number of phenols is 2. The van der Waals surface area contributed by atoms with Crippen molar-refractivity contribution in [1.29, 1.82) is 0 Å². The zero-order valence-corrected chi connectivity index (χ0v) is 8.20. The lowest BCUT2D eigenvalue weighted by molar-refractivity contribution is 0.0885. The Kier molecular flexibility index (Phi) is 2.00. The molecule has 2 rings (SSSR count). The molecule has 0 atom stereocenters. The monoisotopic (exact) mass is 206 g/mol. The van der Waals surface area contributed by atoms with E-state index in [4.69, 9.17) is 0 Å². The summed E-state index contributed by atoms with van der Waals surface area (Å²) in [5.74, 6) is -1.00. The quantitative estimate of drug-likeness (QED) is 0.632. The summed E-state index contributed by atoms with van der Waals surface area (Å²) in [6.45, 7) is 1.57. The van der Waals surface area contributed by atoms with Gasteiger partial charge in [-0.3, -0.25) is 9.59 Å². The first-order valence-corrected chi connectivity index (χ1v) is 4.64. The molecule has 0 fully saturated rings. The Bertz CT molecular complexity index is 474. The highest BCUT2D eigenvalue weighted by atomic mass is 16.3. The van der Waals surface area contributed by atoms with Crippen molar-refractivity contribution in [3.05, 3.63) is 22.8 Å². The number of carbonyl (C=O) groups is 2. The van der Waals surface area contributed by atoms with Gasteiger partial charge in [0.1, 0.15) is 11.5 Å². The number of carbonyl (C=O) groups excluding carboxylic acids is 2. The molecule has 0 saturated heterocycles. The summed E-state index contributed by atoms with van der Waals surface area (Å²) in [5.41, 5.74) is 0.340. The van der Waals surface area contributed by atoms with Gasteiger partial charge in [-0.2, -0.15) is 0 Å². The zero-order chi connectivity index (χ0) is 11.2. The zero-order valence-electron chi connectivity index (χ0n) is 8.20. The first-order valence-electron chi connectivity index (χ1n) is 4.64. The molecule has 4 heteroatoms. The van der Waals surface area contributed by atoms with Crippen molar-refractivity contribution in [2.75, 3.05) is 0 Å². The van der Waals surface area contributed by atoms with Gasteiger partial charge in [0.05, 0.1) is 11.1 Å². The number of rotatable bonds is 0. The molecule has 0 amide bonds. The summed E-state index contributed by atoms with van der Waals surface area (Å²) in [6, 6.07) is 1.30. The first kappa shape index (κ1) is 9.71. The van der Waals surface area contributed by atoms with E-state index in [0.29, 0.717) is 5.56 Å². The molecule has 1 aromatic carbocycles. The van der Waals surface area contributed by atoms with E-state index in [2.05, 4.69) is 0 Å². The second-order valence-corrected chi connectivity index (χ2v) is 3.66. The summed E-state index contributed by atoms with van der Waals surface area (Å²) >= 11 is 0. The van der Waals surface area contributed by atoms with Gasteiger partial charge >= 0.3 is 0 Å². The van der Waals surface area contributed by atoms with Crippen LogP contribution in [0.4, 0.5) is 0 Å². The highest BCUT2D eigenvalue weighted by Gasteiger charge is 2.30. The Labute approximate surface area is 86.2 Å². The van der Waals surface area contributed by atoms with Crippen LogP contribution in [0.2, 0.25) is 0 Å². The molecule has 0 radical (unpaired) electrons. The van der Waals surface area contributed by atoms with E-state index in [9.17, 15) is 19.8 Å². The van der Waals surface area contributed by atoms with Gasteiger partial charge in [-0.1, -0.05) is 0 Å². The van der Waals surface area contributed by atoms with Gasteiger partial charge in [0, 0.05) is 12.8 Å². The summed E-state index contributed by atoms with van der Waals surface area (Å²) in [6.07, 6.45) is 0.199. The Morgan fingerprint density at radius 3 is 2.20 bits per heavy atom. The molecular formula is C11H10O4. The number of aryl methyl sites for hydroxylation is 1. The van der Waals surface area contributed by atoms with E-state index < -0.39 is 0 Å². The summed E-state index contributed by atoms with van der Waals surface area (Å²) in [5, 5.41) is 19.2. The molecule has 0 unspecified atom stereocenters. The number of hydrogen-bond donors (Lipinski definition) is 2. The van der Waals surface area contributed by atoms with E-state index >= 15 is 0 Å². The van der Waals surface area contributed by atoms with Gasteiger partial charge < -0.3 is 10.2 Å². The minimum absolute atomic E-state index is 0.0243. The molecule has 2 N–H and O–H groups in total. The van der Waals surface area contributed by atoms with Crippen LogP contribution in [0.5, 0.6) is 11.5 Å². The van der Waals surface area contributed by atoms with Crippen LogP contribution in [0.25, 0.3) is 0 Å². The summed E-state index contributed by atoms with van der Waals surface area (Å²) in [4.78, 5) is 23.0. The minimum Gasteiger partial charge on any atom is -0.507 e. The van der Waals surface area contributed by atoms with Crippen LogP contribution < -0.4 is 0 Å². The van der Waals surface area contributed by atoms with Crippen LogP contribution in [0.15, 0.2) is 6.07 Å². The maximum absolute atomic E-state index is 11.5. The molecule has 0 aliphatic heterocycles. The lowest BCUT2D eigenvalue weighted by Crippen LogP contribution is -2.17. The van der Waals surface area contributed by atoms with Crippen molar-refractivity contribution < 1.29 is 19.8 Å². The van der Waals surface area contributed by atoms with Crippen molar-refractivity contribution in [1.82, 2.24) is 0 Å². The van der Waals surface area contributed by atoms with Gasteiger partial charge in [-0.15, -0.1) is 0 Å². The molecule has 4 nitrogen and oxygen atoms in total. The topological polar surface area (TPSA) is 74.6 Å². The second kappa shape index (κ2) is 3.08. The van der Waals surface area contributed by atoms with E-state index in [1.54, 1.807) is 6.92 Å². The summed E-state index contributed by atoms with van der Waals surface area (Å²) in [7, 11) is 0. The predicted octanol–water partition coefficient (Wildman–Crippen LogP) is 1.57. The van der Waals surface area contributed by atoms with Crippen LogP contribution in [-0.2, 0) is 0 Å². The highest BCUT2D eigenvalue weighted by molar-refractivity contribution is 6.16. The van der Waals surface area contributed by atoms with Crippen molar-refractivity contribution >= 4 is 11.6 Å². The fourth-order valence-corrected chi connectivity index (χ4v) is 1.82. The van der Waals surface area contributed by atoms with Crippen molar-refractivity contribution in [2.45, 2.75) is 19.8 Å². The summed E-state index contributed by atoms with van der Waals surface area (Å²) < 4.78 is 0. The number of phenolic OH excluding ortho intramolecular Hbond substituents is 2. The number of Topliss-reactive ketones (excluding diaryl/α,β-unsaturated/α-hetero) is 2. The molecule has 0 saturated carbocycles. The van der Waals surface area contributed by atoms with Crippen LogP contribution >= 0.6 is 0 Å². The van der Waals surface area contributed by atoms with Gasteiger partial charge in [-0.25, -0.2) is 0 Å². The average Bonchev–Trinajstić information content (AvgIpc) is 2.18. The SMILES string of the molecule is Cc1cc(O)c2c(c1O)C(=O)CCC2=O. The number of hydrogen-bond acceptors (Lipinski definition) is 4. The molecule has 15 heavy (non-hydrogen) atoms.